The minimum Gasteiger partial charge on any atom is -0.474 e. The summed E-state index contributed by atoms with van der Waals surface area (Å²) in [6.07, 6.45) is 8.11. The van der Waals surface area contributed by atoms with Crippen molar-refractivity contribution in [3.05, 3.63) is 55.1 Å². The van der Waals surface area contributed by atoms with Crippen LogP contribution in [0.1, 0.15) is 6.42 Å². The Morgan fingerprint density at radius 1 is 1.17 bits per heavy atom. The molecule has 3 N–H and O–H groups in total. The first kappa shape index (κ1) is 21.6. The second-order valence-corrected chi connectivity index (χ2v) is 8.61. The highest BCUT2D eigenvalue weighted by Crippen LogP contribution is 2.31. The second kappa shape index (κ2) is 9.40. The smallest absolute Gasteiger partial charge is 0.237 e. The Kier molecular flexibility index (Phi) is 5.81. The van der Waals surface area contributed by atoms with Gasteiger partial charge in [-0.05, 0) is 36.8 Å². The Balaban J connectivity index is 1.25. The summed E-state index contributed by atoms with van der Waals surface area (Å²) >= 11 is 0. The number of imidazole rings is 1. The monoisotopic (exact) mass is 473 g/mol. The Hall–Kier alpha value is -3.89. The lowest BCUT2D eigenvalue weighted by Gasteiger charge is -2.34. The largest absolute Gasteiger partial charge is 0.474 e. The first-order valence-electron chi connectivity index (χ1n) is 11.8. The number of hydrogen-bond donors (Lipinski definition) is 3. The normalized spacial score (nSPS) is 17.5. The molecule has 0 amide bonds. The first-order valence-corrected chi connectivity index (χ1v) is 11.8. The molecule has 0 saturated carbocycles. The van der Waals surface area contributed by atoms with Gasteiger partial charge in [0.2, 0.25) is 5.88 Å². The SMILES string of the molecule is OCC[C@@H]1CN(c2ccc(Nc3nc(-c4cnc5c(c4)NCCO5)cn4ccnc34)cc2)CCO1. The Labute approximate surface area is 202 Å². The van der Waals surface area contributed by atoms with E-state index < -0.39 is 0 Å². The molecule has 180 valence electrons. The van der Waals surface area contributed by atoms with E-state index in [9.17, 15) is 5.11 Å². The molecule has 10 heteroatoms. The van der Waals surface area contributed by atoms with Gasteiger partial charge in [0.05, 0.1) is 24.1 Å². The minimum atomic E-state index is 0.0621. The van der Waals surface area contributed by atoms with Gasteiger partial charge in [0.15, 0.2) is 11.5 Å². The fourth-order valence-corrected chi connectivity index (χ4v) is 4.49. The van der Waals surface area contributed by atoms with Gasteiger partial charge in [-0.1, -0.05) is 0 Å². The van der Waals surface area contributed by atoms with Crippen LogP contribution in [-0.4, -0.2) is 70.0 Å². The lowest BCUT2D eigenvalue weighted by atomic mass is 10.2. The molecule has 1 fully saturated rings. The highest BCUT2D eigenvalue weighted by Gasteiger charge is 2.20. The molecule has 0 spiro atoms. The lowest BCUT2D eigenvalue weighted by molar-refractivity contribution is 0.0247. The van der Waals surface area contributed by atoms with E-state index in [1.54, 1.807) is 12.4 Å². The van der Waals surface area contributed by atoms with Crippen molar-refractivity contribution in [2.24, 2.45) is 0 Å². The molecule has 35 heavy (non-hydrogen) atoms. The van der Waals surface area contributed by atoms with Crippen molar-refractivity contribution in [3.8, 4) is 17.1 Å². The predicted octanol–water partition coefficient (Wildman–Crippen LogP) is 2.93. The van der Waals surface area contributed by atoms with Crippen molar-refractivity contribution in [1.82, 2.24) is 19.4 Å². The molecule has 10 nitrogen and oxygen atoms in total. The quantitative estimate of drug-likeness (QED) is 0.389. The summed E-state index contributed by atoms with van der Waals surface area (Å²) in [7, 11) is 0. The van der Waals surface area contributed by atoms with Gasteiger partial charge in [0, 0.05) is 68.0 Å². The Bertz CT molecular complexity index is 1320. The number of aliphatic hydroxyl groups excluding tert-OH is 1. The molecule has 2 aliphatic heterocycles. The van der Waals surface area contributed by atoms with Crippen LogP contribution in [0.5, 0.6) is 5.88 Å². The molecule has 1 atom stereocenters. The van der Waals surface area contributed by atoms with Crippen LogP contribution >= 0.6 is 0 Å². The van der Waals surface area contributed by atoms with Crippen molar-refractivity contribution < 1.29 is 14.6 Å². The van der Waals surface area contributed by atoms with Crippen LogP contribution in [0.2, 0.25) is 0 Å². The molecule has 1 aromatic carbocycles. The average Bonchev–Trinajstić information content (AvgIpc) is 3.38. The van der Waals surface area contributed by atoms with E-state index in [4.69, 9.17) is 14.5 Å². The topological polar surface area (TPSA) is 109 Å². The Morgan fingerprint density at radius 3 is 2.97 bits per heavy atom. The van der Waals surface area contributed by atoms with Crippen LogP contribution in [0.3, 0.4) is 0 Å². The molecule has 0 radical (unpaired) electrons. The third kappa shape index (κ3) is 4.45. The summed E-state index contributed by atoms with van der Waals surface area (Å²) in [5, 5.41) is 16.0. The lowest BCUT2D eigenvalue weighted by Crippen LogP contribution is -2.42. The molecule has 0 unspecified atom stereocenters. The highest BCUT2D eigenvalue weighted by molar-refractivity contribution is 5.75. The maximum Gasteiger partial charge on any atom is 0.237 e. The fraction of sp³-hybridized carbons (Fsp3) is 0.320. The summed E-state index contributed by atoms with van der Waals surface area (Å²) < 4.78 is 13.3. The van der Waals surface area contributed by atoms with Crippen molar-refractivity contribution in [1.29, 1.82) is 0 Å². The summed E-state index contributed by atoms with van der Waals surface area (Å²) in [6, 6.07) is 10.3. The van der Waals surface area contributed by atoms with Crippen LogP contribution in [0, 0.1) is 0 Å². The summed E-state index contributed by atoms with van der Waals surface area (Å²) in [5.41, 5.74) is 5.33. The van der Waals surface area contributed by atoms with Gasteiger partial charge >= 0.3 is 0 Å². The summed E-state index contributed by atoms with van der Waals surface area (Å²) in [6.45, 7) is 3.78. The van der Waals surface area contributed by atoms with Crippen molar-refractivity contribution in [2.75, 3.05) is 55.0 Å². The molecule has 6 rings (SSSR count). The predicted molar refractivity (Wildman–Crippen MR) is 134 cm³/mol. The maximum absolute atomic E-state index is 9.22. The van der Waals surface area contributed by atoms with E-state index in [0.717, 1.165) is 53.6 Å². The summed E-state index contributed by atoms with van der Waals surface area (Å²) in [4.78, 5) is 16.1. The maximum atomic E-state index is 9.22. The van der Waals surface area contributed by atoms with Crippen LogP contribution in [0.4, 0.5) is 22.9 Å². The highest BCUT2D eigenvalue weighted by atomic mass is 16.5. The van der Waals surface area contributed by atoms with E-state index in [1.165, 1.54) is 0 Å². The molecule has 2 aliphatic rings. The number of ether oxygens (including phenoxy) is 2. The molecule has 0 bridgehead atoms. The zero-order valence-corrected chi connectivity index (χ0v) is 19.2. The minimum absolute atomic E-state index is 0.0621. The van der Waals surface area contributed by atoms with Crippen LogP contribution in [-0.2, 0) is 4.74 Å². The van der Waals surface area contributed by atoms with E-state index in [1.807, 2.05) is 35.0 Å². The second-order valence-electron chi connectivity index (χ2n) is 8.61. The van der Waals surface area contributed by atoms with Crippen molar-refractivity contribution >= 4 is 28.5 Å². The zero-order valence-electron chi connectivity index (χ0n) is 19.2. The zero-order chi connectivity index (χ0) is 23.6. The number of fused-ring (bicyclic) bond motifs is 2. The van der Waals surface area contributed by atoms with Crippen LogP contribution < -0.4 is 20.3 Å². The molecule has 0 aliphatic carbocycles. The molecule has 1 saturated heterocycles. The molecular weight excluding hydrogens is 446 g/mol. The van der Waals surface area contributed by atoms with E-state index in [0.29, 0.717) is 31.3 Å². The average molecular weight is 474 g/mol. The number of hydrogen-bond acceptors (Lipinski definition) is 9. The number of aromatic nitrogens is 4. The molecule has 4 aromatic rings. The van der Waals surface area contributed by atoms with Crippen LogP contribution in [0.15, 0.2) is 55.1 Å². The van der Waals surface area contributed by atoms with Gasteiger partial charge in [-0.25, -0.2) is 15.0 Å². The summed E-state index contributed by atoms with van der Waals surface area (Å²) in [5.74, 6) is 1.28. The van der Waals surface area contributed by atoms with Gasteiger partial charge < -0.3 is 34.5 Å². The number of anilines is 4. The number of nitrogens with zero attached hydrogens (tertiary/aromatic N) is 5. The molecular formula is C25H27N7O3. The fourth-order valence-electron chi connectivity index (χ4n) is 4.49. The Morgan fingerprint density at radius 2 is 2.09 bits per heavy atom. The van der Waals surface area contributed by atoms with Crippen LogP contribution in [0.25, 0.3) is 16.9 Å². The van der Waals surface area contributed by atoms with Gasteiger partial charge in [0.1, 0.15) is 6.61 Å². The number of nitrogens with one attached hydrogen (secondary N) is 2. The van der Waals surface area contributed by atoms with Gasteiger partial charge in [0.25, 0.3) is 0 Å². The van der Waals surface area contributed by atoms with Crippen molar-refractivity contribution in [3.63, 3.8) is 0 Å². The molecule has 3 aromatic heterocycles. The third-order valence-corrected chi connectivity index (χ3v) is 6.26. The number of aliphatic hydroxyl groups is 1. The number of pyridine rings is 1. The van der Waals surface area contributed by atoms with E-state index in [-0.39, 0.29) is 12.7 Å². The molecule has 5 heterocycles. The number of benzene rings is 1. The van der Waals surface area contributed by atoms with E-state index >= 15 is 0 Å². The van der Waals surface area contributed by atoms with Crippen molar-refractivity contribution in [2.45, 2.75) is 12.5 Å². The number of rotatable bonds is 6. The third-order valence-electron chi connectivity index (χ3n) is 6.26. The van der Waals surface area contributed by atoms with Gasteiger partial charge in [-0.15, -0.1) is 0 Å². The first-order chi connectivity index (χ1) is 17.3. The standard InChI is InChI=1S/C25H27N7O3/c33-10-5-20-15-31(9-12-34-20)19-3-1-18(2-4-19)29-23-24-27-6-8-32(24)16-22(30-23)17-13-21-25(28-14-17)35-11-7-26-21/h1-4,6,8,13-14,16,20,26,33H,5,7,9-12,15H2,(H,29,30)/t20-/m1/s1. The number of morpholine rings is 1. The van der Waals surface area contributed by atoms with E-state index in [2.05, 4.69) is 37.6 Å². The van der Waals surface area contributed by atoms with Gasteiger partial charge in [-0.3, -0.25) is 0 Å². The van der Waals surface area contributed by atoms with Gasteiger partial charge in [-0.2, -0.15) is 0 Å².